The molecule has 0 aromatic rings. The summed E-state index contributed by atoms with van der Waals surface area (Å²) in [5.74, 6) is 0.123. The van der Waals surface area contributed by atoms with Crippen LogP contribution in [-0.4, -0.2) is 97.1 Å². The second-order valence-corrected chi connectivity index (χ2v) is 10.4. The predicted molar refractivity (Wildman–Crippen MR) is 141 cm³/mol. The van der Waals surface area contributed by atoms with Crippen molar-refractivity contribution < 1.29 is 19.2 Å². The molecule has 0 aromatic heterocycles. The highest BCUT2D eigenvalue weighted by Gasteiger charge is 2.35. The van der Waals surface area contributed by atoms with Crippen LogP contribution in [0.25, 0.3) is 0 Å². The van der Waals surface area contributed by atoms with E-state index >= 15 is 0 Å². The van der Waals surface area contributed by atoms with Gasteiger partial charge in [-0.2, -0.15) is 0 Å². The number of hydrogen-bond donors (Lipinski definition) is 2. The Kier molecular flexibility index (Phi) is 14.7. The van der Waals surface area contributed by atoms with Gasteiger partial charge in [-0.15, -0.1) is 0 Å². The van der Waals surface area contributed by atoms with Gasteiger partial charge in [-0.3, -0.25) is 19.2 Å². The van der Waals surface area contributed by atoms with Gasteiger partial charge in [0.2, 0.25) is 17.7 Å². The first-order chi connectivity index (χ1) is 17.4. The quantitative estimate of drug-likeness (QED) is 0.275. The maximum atomic E-state index is 13.0. The molecule has 2 fully saturated rings. The Bertz CT molecular complexity index is 696. The highest BCUT2D eigenvalue weighted by Crippen LogP contribution is 2.18. The van der Waals surface area contributed by atoms with Crippen LogP contribution in [0, 0.1) is 0 Å². The Morgan fingerprint density at radius 1 is 0.806 bits per heavy atom. The molecule has 36 heavy (non-hydrogen) atoms. The second-order valence-electron chi connectivity index (χ2n) is 10.4. The Morgan fingerprint density at radius 2 is 1.39 bits per heavy atom. The molecule has 3 N–H and O–H groups in total. The van der Waals surface area contributed by atoms with Crippen molar-refractivity contribution in [3.63, 3.8) is 0 Å². The zero-order valence-electron chi connectivity index (χ0n) is 22.5. The molecule has 206 valence electrons. The zero-order valence-corrected chi connectivity index (χ0v) is 22.5. The standard InChI is InChI=1S/C27H49N5O4/c1-30-21-27(36)32(22-26(30)35)23(13-11-12-16-28)24(33)14-9-7-5-3-2-4-6-8-10-15-25(34)31-19-17-29-18-20-31/h23,29H,2-22,28H2,1H3/t23-/m0/s1. The van der Waals surface area contributed by atoms with Crippen LogP contribution in [0.15, 0.2) is 0 Å². The minimum atomic E-state index is -0.500. The van der Waals surface area contributed by atoms with Crippen molar-refractivity contribution in [2.75, 3.05) is 52.9 Å². The fraction of sp³-hybridized carbons (Fsp3) is 0.852. The number of carbonyl (C=O) groups excluding carboxylic acids is 4. The van der Waals surface area contributed by atoms with E-state index in [9.17, 15) is 19.2 Å². The summed E-state index contributed by atoms with van der Waals surface area (Å²) in [5, 5.41) is 3.27. The number of Topliss-reactive ketones (excluding diaryl/α,β-unsaturated/α-hetero) is 1. The third-order valence-corrected chi connectivity index (χ3v) is 7.39. The van der Waals surface area contributed by atoms with Crippen molar-refractivity contribution in [3.8, 4) is 0 Å². The lowest BCUT2D eigenvalue weighted by Gasteiger charge is -2.36. The maximum Gasteiger partial charge on any atom is 0.243 e. The molecule has 0 aliphatic carbocycles. The van der Waals surface area contributed by atoms with E-state index in [1.165, 1.54) is 35.5 Å². The highest BCUT2D eigenvalue weighted by atomic mass is 16.2. The van der Waals surface area contributed by atoms with Gasteiger partial charge in [0, 0.05) is 46.1 Å². The SMILES string of the molecule is CN1CC(=O)N([C@@H](CCCCN)C(=O)CCCCCCCCCCCC(=O)N2CCNCC2)CC1=O. The van der Waals surface area contributed by atoms with Gasteiger partial charge in [-0.1, -0.05) is 44.9 Å². The molecule has 0 radical (unpaired) electrons. The first kappa shape index (κ1) is 30.2. The fourth-order valence-electron chi connectivity index (χ4n) is 5.05. The smallest absolute Gasteiger partial charge is 0.243 e. The molecule has 0 bridgehead atoms. The molecule has 2 aliphatic rings. The van der Waals surface area contributed by atoms with Gasteiger partial charge in [0.1, 0.15) is 6.54 Å². The second kappa shape index (κ2) is 17.5. The van der Waals surface area contributed by atoms with Gasteiger partial charge in [-0.05, 0) is 38.6 Å². The number of nitrogens with zero attached hydrogens (tertiary/aromatic N) is 3. The summed E-state index contributed by atoms with van der Waals surface area (Å²) in [4.78, 5) is 54.7. The average molecular weight is 508 g/mol. The molecular weight excluding hydrogens is 458 g/mol. The molecule has 0 unspecified atom stereocenters. The van der Waals surface area contributed by atoms with Gasteiger partial charge in [0.15, 0.2) is 5.78 Å². The third-order valence-electron chi connectivity index (χ3n) is 7.39. The summed E-state index contributed by atoms with van der Waals surface area (Å²) in [6.07, 6.45) is 13.1. The summed E-state index contributed by atoms with van der Waals surface area (Å²) in [6.45, 7) is 4.11. The van der Waals surface area contributed by atoms with Crippen LogP contribution in [0.1, 0.15) is 89.9 Å². The Hall–Kier alpha value is -2.00. The summed E-state index contributed by atoms with van der Waals surface area (Å²) in [6, 6.07) is -0.500. The van der Waals surface area contributed by atoms with Crippen LogP contribution >= 0.6 is 0 Å². The number of unbranched alkanes of at least 4 members (excludes halogenated alkanes) is 9. The predicted octanol–water partition coefficient (Wildman–Crippen LogP) is 2.08. The summed E-state index contributed by atoms with van der Waals surface area (Å²) < 4.78 is 0. The van der Waals surface area contributed by atoms with Crippen molar-refractivity contribution in [1.29, 1.82) is 0 Å². The normalized spacial score (nSPS) is 17.6. The van der Waals surface area contributed by atoms with Crippen LogP contribution in [0.2, 0.25) is 0 Å². The number of nitrogens with one attached hydrogen (secondary N) is 1. The van der Waals surface area contributed by atoms with E-state index in [-0.39, 0.29) is 30.7 Å². The van der Waals surface area contributed by atoms with E-state index in [4.69, 9.17) is 5.73 Å². The molecule has 2 heterocycles. The largest absolute Gasteiger partial charge is 0.340 e. The topological polar surface area (TPSA) is 116 Å². The summed E-state index contributed by atoms with van der Waals surface area (Å²) in [7, 11) is 1.62. The number of nitrogens with two attached hydrogens (primary N) is 1. The number of hydrogen-bond acceptors (Lipinski definition) is 6. The molecule has 9 nitrogen and oxygen atoms in total. The minimum Gasteiger partial charge on any atom is -0.340 e. The van der Waals surface area contributed by atoms with Gasteiger partial charge in [0.05, 0.1) is 12.6 Å². The highest BCUT2D eigenvalue weighted by molar-refractivity contribution is 5.96. The van der Waals surface area contributed by atoms with Gasteiger partial charge < -0.3 is 25.8 Å². The number of rotatable bonds is 18. The van der Waals surface area contributed by atoms with E-state index in [1.54, 1.807) is 7.05 Å². The number of piperazine rings is 2. The summed E-state index contributed by atoms with van der Waals surface area (Å²) >= 11 is 0. The van der Waals surface area contributed by atoms with Crippen molar-refractivity contribution in [2.24, 2.45) is 5.73 Å². The molecule has 0 spiro atoms. The zero-order chi connectivity index (χ0) is 26.2. The van der Waals surface area contributed by atoms with E-state index < -0.39 is 6.04 Å². The van der Waals surface area contributed by atoms with Crippen molar-refractivity contribution >= 4 is 23.5 Å². The molecule has 2 aliphatic heterocycles. The maximum absolute atomic E-state index is 13.0. The first-order valence-electron chi connectivity index (χ1n) is 14.2. The monoisotopic (exact) mass is 507 g/mol. The molecule has 0 aromatic carbocycles. The Balaban J connectivity index is 1.54. The molecular formula is C27H49N5O4. The van der Waals surface area contributed by atoms with Gasteiger partial charge in [0.25, 0.3) is 0 Å². The third kappa shape index (κ3) is 10.9. The van der Waals surface area contributed by atoms with Crippen molar-refractivity contribution in [3.05, 3.63) is 0 Å². The van der Waals surface area contributed by atoms with Gasteiger partial charge >= 0.3 is 0 Å². The molecule has 2 saturated heterocycles. The van der Waals surface area contributed by atoms with Crippen LogP contribution in [0.4, 0.5) is 0 Å². The van der Waals surface area contributed by atoms with Crippen molar-refractivity contribution in [2.45, 2.75) is 95.9 Å². The van der Waals surface area contributed by atoms with Crippen molar-refractivity contribution in [1.82, 2.24) is 20.0 Å². The Labute approximate surface area is 217 Å². The molecule has 0 saturated carbocycles. The lowest BCUT2D eigenvalue weighted by Crippen LogP contribution is -2.57. The van der Waals surface area contributed by atoms with Crippen LogP contribution < -0.4 is 11.1 Å². The number of amides is 3. The molecule has 1 atom stereocenters. The lowest BCUT2D eigenvalue weighted by molar-refractivity contribution is -0.153. The van der Waals surface area contributed by atoms with E-state index in [2.05, 4.69) is 5.32 Å². The number of carbonyl (C=O) groups is 4. The molecule has 2 rings (SSSR count). The Morgan fingerprint density at radius 3 is 2.00 bits per heavy atom. The van der Waals surface area contributed by atoms with Crippen LogP contribution in [-0.2, 0) is 19.2 Å². The fourth-order valence-corrected chi connectivity index (χ4v) is 5.05. The first-order valence-corrected chi connectivity index (χ1v) is 14.2. The summed E-state index contributed by atoms with van der Waals surface area (Å²) in [5.41, 5.74) is 5.61. The number of ketones is 1. The molecule has 9 heteroatoms. The van der Waals surface area contributed by atoms with E-state index in [0.29, 0.717) is 31.7 Å². The lowest BCUT2D eigenvalue weighted by atomic mass is 9.97. The van der Waals surface area contributed by atoms with Crippen LogP contribution in [0.3, 0.4) is 0 Å². The van der Waals surface area contributed by atoms with E-state index in [0.717, 1.165) is 71.1 Å². The number of likely N-dealkylation sites (N-methyl/N-ethyl adjacent to an activating group) is 1. The molecule has 3 amide bonds. The average Bonchev–Trinajstić information content (AvgIpc) is 2.88. The van der Waals surface area contributed by atoms with Gasteiger partial charge in [-0.25, -0.2) is 0 Å². The van der Waals surface area contributed by atoms with E-state index in [1.807, 2.05) is 4.90 Å². The van der Waals surface area contributed by atoms with Crippen LogP contribution in [0.5, 0.6) is 0 Å². The minimum absolute atomic E-state index is 0.00172.